The molecule has 11 rings (SSSR count). The minimum Gasteiger partial charge on any atom is -0.310 e. The van der Waals surface area contributed by atoms with Crippen molar-refractivity contribution in [1.29, 1.82) is 0 Å². The smallest absolute Gasteiger partial charge is 0.0497 e. The van der Waals surface area contributed by atoms with E-state index in [4.69, 9.17) is 0 Å². The third-order valence-electron chi connectivity index (χ3n) is 21.5. The van der Waals surface area contributed by atoms with E-state index < -0.39 is 0 Å². The largest absolute Gasteiger partial charge is 0.310 e. The molecule has 0 atom stereocenters. The zero-order valence-corrected chi connectivity index (χ0v) is 61.5. The number of fused-ring (bicyclic) bond motifs is 9. The number of benzene rings is 9. The maximum Gasteiger partial charge on any atom is 0.0497 e. The number of nitrogens with zero attached hydrogens (tertiary/aromatic N) is 2. The first-order valence-corrected chi connectivity index (χ1v) is 38.0. The van der Waals surface area contributed by atoms with Crippen molar-refractivity contribution in [1.82, 2.24) is 0 Å². The molecule has 0 fully saturated rings. The Kier molecular flexibility index (Phi) is 21.8. The molecule has 0 saturated carbocycles. The Morgan fingerprint density at radius 3 is 0.989 bits per heavy atom. The Balaban J connectivity index is 1.14. The van der Waals surface area contributed by atoms with Crippen LogP contribution in [0.4, 0.5) is 34.1 Å². The van der Waals surface area contributed by atoms with E-state index in [-0.39, 0.29) is 10.8 Å². The third-order valence-corrected chi connectivity index (χ3v) is 23.0. The van der Waals surface area contributed by atoms with Gasteiger partial charge in [0.25, 0.3) is 0 Å². The molecule has 0 aromatic heterocycles. The number of anilines is 6. The molecular formula is C88H106Br2N2. The highest BCUT2D eigenvalue weighted by Crippen LogP contribution is 2.55. The summed E-state index contributed by atoms with van der Waals surface area (Å²) in [6.07, 6.45) is 28.3. The number of rotatable bonds is 30. The summed E-state index contributed by atoms with van der Waals surface area (Å²) in [5.74, 6) is 0. The van der Waals surface area contributed by atoms with Crippen molar-refractivity contribution in [3.05, 3.63) is 209 Å². The monoisotopic (exact) mass is 1350 g/mol. The molecule has 0 aliphatic heterocycles. The van der Waals surface area contributed by atoms with Gasteiger partial charge in [0.2, 0.25) is 0 Å². The second-order valence-corrected chi connectivity index (χ2v) is 30.1. The first kappa shape index (κ1) is 67.5. The normalized spacial score (nSPS) is 13.5. The van der Waals surface area contributed by atoms with Crippen LogP contribution in [0.2, 0.25) is 0 Å². The van der Waals surface area contributed by atoms with E-state index in [2.05, 4.69) is 258 Å². The number of hydrogen-bond donors (Lipinski definition) is 0. The van der Waals surface area contributed by atoms with E-state index in [9.17, 15) is 0 Å². The summed E-state index contributed by atoms with van der Waals surface area (Å²) in [5, 5.41) is 5.57. The summed E-state index contributed by atoms with van der Waals surface area (Å²) < 4.78 is 2.40. The van der Waals surface area contributed by atoms with Crippen LogP contribution < -0.4 is 9.80 Å². The van der Waals surface area contributed by atoms with Crippen LogP contribution in [0.1, 0.15) is 253 Å². The molecule has 0 radical (unpaired) electrons. The number of aryl methyl sites for hydroxylation is 8. The van der Waals surface area contributed by atoms with Gasteiger partial charge in [-0.05, 0) is 260 Å². The van der Waals surface area contributed by atoms with Crippen molar-refractivity contribution >= 4 is 87.5 Å². The van der Waals surface area contributed by atoms with Crippen LogP contribution in [-0.2, 0) is 62.2 Å². The van der Waals surface area contributed by atoms with Gasteiger partial charge in [-0.15, -0.1) is 0 Å². The topological polar surface area (TPSA) is 6.48 Å². The Hall–Kier alpha value is -5.94. The van der Waals surface area contributed by atoms with Crippen LogP contribution in [0.5, 0.6) is 0 Å². The van der Waals surface area contributed by atoms with E-state index in [0.29, 0.717) is 0 Å². The minimum absolute atomic E-state index is 0.141. The van der Waals surface area contributed by atoms with Gasteiger partial charge in [0.1, 0.15) is 0 Å². The van der Waals surface area contributed by atoms with Crippen molar-refractivity contribution in [2.45, 2.75) is 248 Å². The Bertz CT molecular complexity index is 3840. The number of unbranched alkanes of at least 4 members (excludes halogenated alkanes) is 12. The molecule has 92 heavy (non-hydrogen) atoms. The second kappa shape index (κ2) is 29.8. The van der Waals surface area contributed by atoms with Crippen LogP contribution >= 0.6 is 31.9 Å². The van der Waals surface area contributed by atoms with E-state index in [1.807, 2.05) is 0 Å². The fraction of sp³-hybridized carbons (Fsp3) is 0.432. The standard InChI is InChI=1S/C88H106Br2N2/c1-13-21-25-27-29-31-35-69-70(36-32-30-28-26-22-14-2)78-56-66(92(86-54-62(18-6)84(90)52-64(86)20-8)68-42-48-76-74-44-38-60(34-24-16-4)50-80(74)88(11,12)82(76)58-68)40-46-72(78)71-45-39-65(55-77(69)71)91(85-53-61(17-5)83(89)51-63(85)19-7)67-41-47-75-73-43-37-59(33-23-15-3)49-79(73)87(9,10)81(75)57-67/h37-58H,13-36H2,1-12H3. The molecule has 0 bridgehead atoms. The number of halogens is 2. The van der Waals surface area contributed by atoms with Gasteiger partial charge in [-0.3, -0.25) is 0 Å². The van der Waals surface area contributed by atoms with Gasteiger partial charge in [0.15, 0.2) is 0 Å². The van der Waals surface area contributed by atoms with E-state index in [0.717, 1.165) is 51.4 Å². The lowest BCUT2D eigenvalue weighted by Gasteiger charge is -2.31. The van der Waals surface area contributed by atoms with Crippen LogP contribution in [0.25, 0.3) is 43.8 Å². The van der Waals surface area contributed by atoms with Crippen molar-refractivity contribution < 1.29 is 0 Å². The van der Waals surface area contributed by atoms with E-state index >= 15 is 0 Å². The Morgan fingerprint density at radius 2 is 0.620 bits per heavy atom. The highest BCUT2D eigenvalue weighted by atomic mass is 79.9. The molecule has 9 aromatic rings. The molecule has 2 nitrogen and oxygen atoms in total. The van der Waals surface area contributed by atoms with Gasteiger partial charge in [-0.25, -0.2) is 0 Å². The first-order valence-electron chi connectivity index (χ1n) is 36.4. The molecule has 9 aromatic carbocycles. The zero-order valence-electron chi connectivity index (χ0n) is 58.3. The second-order valence-electron chi connectivity index (χ2n) is 28.4. The summed E-state index contributed by atoms with van der Waals surface area (Å²) >= 11 is 8.11. The van der Waals surface area contributed by atoms with Crippen molar-refractivity contribution in [2.24, 2.45) is 0 Å². The SMILES string of the molecule is CCCCCCCCc1c(CCCCCCCC)c2cc(N(c3ccc4c(c3)C(C)(C)c3cc(CCCC)ccc3-4)c3cc(CC)c(Br)cc3CC)ccc2c2ccc(N(c3ccc4c(c3)C(C)(C)c3cc(CCCC)ccc3-4)c3cc(CC)c(Br)cc3CC)cc12. The summed E-state index contributed by atoms with van der Waals surface area (Å²) in [6, 6.07) is 54.7. The van der Waals surface area contributed by atoms with Gasteiger partial charge in [-0.2, -0.15) is 0 Å². The summed E-state index contributed by atoms with van der Waals surface area (Å²) in [6.45, 7) is 28.4. The average molecular weight is 1350 g/mol. The van der Waals surface area contributed by atoms with Crippen LogP contribution in [-0.4, -0.2) is 0 Å². The molecule has 0 N–H and O–H groups in total. The summed E-state index contributed by atoms with van der Waals surface area (Å²) in [7, 11) is 0. The van der Waals surface area contributed by atoms with Crippen molar-refractivity contribution in [2.75, 3.05) is 9.80 Å². The molecule has 0 unspecified atom stereocenters. The van der Waals surface area contributed by atoms with Gasteiger partial charge in [-0.1, -0.05) is 253 Å². The summed E-state index contributed by atoms with van der Waals surface area (Å²) in [4.78, 5) is 5.30. The first-order chi connectivity index (χ1) is 44.6. The van der Waals surface area contributed by atoms with Crippen molar-refractivity contribution in [3.8, 4) is 22.3 Å². The lowest BCUT2D eigenvalue weighted by molar-refractivity contribution is 0.600. The predicted octanol–water partition coefficient (Wildman–Crippen LogP) is 27.8. The van der Waals surface area contributed by atoms with Gasteiger partial charge in [0.05, 0.1) is 0 Å². The zero-order chi connectivity index (χ0) is 64.8. The minimum atomic E-state index is -0.141. The summed E-state index contributed by atoms with van der Waals surface area (Å²) in [5.41, 5.74) is 29.9. The maximum atomic E-state index is 4.06. The van der Waals surface area contributed by atoms with Crippen LogP contribution in [0.15, 0.2) is 142 Å². The van der Waals surface area contributed by atoms with E-state index in [1.54, 1.807) is 11.1 Å². The molecule has 482 valence electrons. The molecular weight excluding hydrogens is 1240 g/mol. The third kappa shape index (κ3) is 13.4. The molecule has 0 saturated heterocycles. The molecule has 2 aliphatic carbocycles. The van der Waals surface area contributed by atoms with Crippen molar-refractivity contribution in [3.63, 3.8) is 0 Å². The number of hydrogen-bond acceptors (Lipinski definition) is 2. The maximum absolute atomic E-state index is 4.06. The predicted molar refractivity (Wildman–Crippen MR) is 410 cm³/mol. The fourth-order valence-electron chi connectivity index (χ4n) is 15.9. The molecule has 4 heteroatoms. The lowest BCUT2D eigenvalue weighted by Crippen LogP contribution is -2.17. The molecule has 2 aliphatic rings. The Labute approximate surface area is 572 Å². The Morgan fingerprint density at radius 1 is 0.293 bits per heavy atom. The van der Waals surface area contributed by atoms with Gasteiger partial charge in [0, 0.05) is 53.9 Å². The highest BCUT2D eigenvalue weighted by Gasteiger charge is 2.38. The average Bonchev–Trinajstić information content (AvgIpc) is 1.37. The lowest BCUT2D eigenvalue weighted by atomic mass is 9.81. The van der Waals surface area contributed by atoms with E-state index in [1.165, 1.54) is 245 Å². The van der Waals surface area contributed by atoms with Crippen LogP contribution in [0, 0.1) is 0 Å². The quantitative estimate of drug-likeness (QED) is 0.0327. The molecule has 0 heterocycles. The fourth-order valence-corrected chi connectivity index (χ4v) is 17.3. The van der Waals surface area contributed by atoms with Crippen LogP contribution in [0.3, 0.4) is 0 Å². The molecule has 0 amide bonds. The van der Waals surface area contributed by atoms with Gasteiger partial charge < -0.3 is 9.80 Å². The highest BCUT2D eigenvalue weighted by molar-refractivity contribution is 9.10. The van der Waals surface area contributed by atoms with Gasteiger partial charge >= 0.3 is 0 Å². The molecule has 0 spiro atoms.